The zero-order chi connectivity index (χ0) is 8.39. The Kier molecular flexibility index (Phi) is 2.03. The van der Waals surface area contributed by atoms with E-state index in [2.05, 4.69) is 42.7 Å². The van der Waals surface area contributed by atoms with Crippen molar-refractivity contribution in [1.82, 2.24) is 5.32 Å². The van der Waals surface area contributed by atoms with Crippen LogP contribution >= 0.6 is 0 Å². The first-order valence-corrected chi connectivity index (χ1v) is 4.71. The molecule has 1 nitrogen and oxygen atoms in total. The highest BCUT2D eigenvalue weighted by atomic mass is 14.9. The van der Waals surface area contributed by atoms with E-state index < -0.39 is 0 Å². The highest BCUT2D eigenvalue weighted by molar-refractivity contribution is 5.31. The molecule has 0 saturated carbocycles. The molecule has 0 aromatic heterocycles. The van der Waals surface area contributed by atoms with Crippen molar-refractivity contribution in [3.8, 4) is 0 Å². The first kappa shape index (κ1) is 7.66. The Bertz CT molecular complexity index is 248. The van der Waals surface area contributed by atoms with Crippen LogP contribution < -0.4 is 5.32 Å². The Hall–Kier alpha value is -0.980. The summed E-state index contributed by atoms with van der Waals surface area (Å²) in [6.07, 6.45) is 13.4. The minimum Gasteiger partial charge on any atom is -0.385 e. The van der Waals surface area contributed by atoms with Gasteiger partial charge in [-0.1, -0.05) is 31.2 Å². The van der Waals surface area contributed by atoms with Gasteiger partial charge in [0.1, 0.15) is 0 Å². The van der Waals surface area contributed by atoms with E-state index in [0.717, 1.165) is 0 Å². The normalized spacial score (nSPS) is 32.2. The van der Waals surface area contributed by atoms with Crippen molar-refractivity contribution in [2.45, 2.75) is 25.8 Å². The van der Waals surface area contributed by atoms with Crippen LogP contribution in [0.4, 0.5) is 0 Å². The molecule has 1 N–H and O–H groups in total. The maximum absolute atomic E-state index is 3.39. The Morgan fingerprint density at radius 2 is 2.50 bits per heavy atom. The summed E-state index contributed by atoms with van der Waals surface area (Å²) in [6, 6.07) is 0.574. The molecule has 64 valence electrons. The van der Waals surface area contributed by atoms with Crippen LogP contribution in [0.15, 0.2) is 36.1 Å². The van der Waals surface area contributed by atoms with Crippen LogP contribution in [0.2, 0.25) is 0 Å². The molecule has 0 aromatic rings. The van der Waals surface area contributed by atoms with Gasteiger partial charge in [0.05, 0.1) is 0 Å². The van der Waals surface area contributed by atoms with Crippen molar-refractivity contribution in [1.29, 1.82) is 0 Å². The molecule has 0 radical (unpaired) electrons. The van der Waals surface area contributed by atoms with Crippen molar-refractivity contribution < 1.29 is 0 Å². The van der Waals surface area contributed by atoms with E-state index in [1.165, 1.54) is 12.8 Å². The van der Waals surface area contributed by atoms with Crippen molar-refractivity contribution in [3.63, 3.8) is 0 Å². The number of nitrogens with one attached hydrogen (secondary N) is 1. The van der Waals surface area contributed by atoms with Gasteiger partial charge in [0, 0.05) is 12.0 Å². The Morgan fingerprint density at radius 1 is 1.58 bits per heavy atom. The number of hydrogen-bond donors (Lipinski definition) is 1. The molecule has 2 aliphatic rings. The van der Waals surface area contributed by atoms with Crippen LogP contribution in [0.5, 0.6) is 0 Å². The molecule has 0 spiro atoms. The quantitative estimate of drug-likeness (QED) is 0.622. The second kappa shape index (κ2) is 3.18. The standard InChI is InChI=1S/C11H15N/c1-2-11-10-6-4-3-5-9(10)7-8-12-11/h3-4,6-9,11-12H,2,5H2,1H3. The van der Waals surface area contributed by atoms with E-state index in [4.69, 9.17) is 0 Å². The average Bonchev–Trinajstić information content (AvgIpc) is 2.17. The van der Waals surface area contributed by atoms with Gasteiger partial charge in [0.2, 0.25) is 0 Å². The van der Waals surface area contributed by atoms with E-state index in [0.29, 0.717) is 12.0 Å². The molecular weight excluding hydrogens is 146 g/mol. The van der Waals surface area contributed by atoms with Crippen molar-refractivity contribution in [3.05, 3.63) is 36.1 Å². The Balaban J connectivity index is 2.25. The van der Waals surface area contributed by atoms with Crippen LogP contribution in [0.25, 0.3) is 0 Å². The average molecular weight is 161 g/mol. The van der Waals surface area contributed by atoms with Gasteiger partial charge in [-0.05, 0) is 24.6 Å². The summed E-state index contributed by atoms with van der Waals surface area (Å²) in [5, 5.41) is 3.39. The predicted octanol–water partition coefficient (Wildman–Crippen LogP) is 2.38. The van der Waals surface area contributed by atoms with Crippen LogP contribution in [0, 0.1) is 5.92 Å². The van der Waals surface area contributed by atoms with E-state index in [9.17, 15) is 0 Å². The second-order valence-corrected chi connectivity index (χ2v) is 3.42. The highest BCUT2D eigenvalue weighted by Gasteiger charge is 2.22. The van der Waals surface area contributed by atoms with Crippen LogP contribution in [-0.4, -0.2) is 6.04 Å². The molecule has 0 aromatic carbocycles. The molecule has 0 saturated heterocycles. The molecule has 0 bridgehead atoms. The molecule has 1 heterocycles. The molecule has 1 aliphatic heterocycles. The fraction of sp³-hybridized carbons (Fsp3) is 0.455. The fourth-order valence-electron chi connectivity index (χ4n) is 1.97. The van der Waals surface area contributed by atoms with E-state index >= 15 is 0 Å². The summed E-state index contributed by atoms with van der Waals surface area (Å²) in [4.78, 5) is 0. The lowest BCUT2D eigenvalue weighted by Gasteiger charge is -2.30. The molecular formula is C11H15N. The zero-order valence-corrected chi connectivity index (χ0v) is 7.46. The largest absolute Gasteiger partial charge is 0.385 e. The summed E-state index contributed by atoms with van der Waals surface area (Å²) in [5.41, 5.74) is 1.56. The van der Waals surface area contributed by atoms with Crippen molar-refractivity contribution in [2.75, 3.05) is 0 Å². The third-order valence-corrected chi connectivity index (χ3v) is 2.68. The minimum atomic E-state index is 0.574. The number of hydrogen-bond acceptors (Lipinski definition) is 1. The summed E-state index contributed by atoms with van der Waals surface area (Å²) in [5.74, 6) is 0.668. The predicted molar refractivity (Wildman–Crippen MR) is 51.7 cm³/mol. The first-order valence-electron chi connectivity index (χ1n) is 4.71. The highest BCUT2D eigenvalue weighted by Crippen LogP contribution is 2.28. The molecule has 1 heteroatoms. The second-order valence-electron chi connectivity index (χ2n) is 3.42. The summed E-state index contributed by atoms with van der Waals surface area (Å²) >= 11 is 0. The van der Waals surface area contributed by atoms with Gasteiger partial charge in [-0.15, -0.1) is 0 Å². The molecule has 2 rings (SSSR count). The molecule has 2 unspecified atom stereocenters. The van der Waals surface area contributed by atoms with Crippen molar-refractivity contribution in [2.24, 2.45) is 5.92 Å². The topological polar surface area (TPSA) is 12.0 Å². The van der Waals surface area contributed by atoms with Gasteiger partial charge in [0.25, 0.3) is 0 Å². The van der Waals surface area contributed by atoms with Crippen LogP contribution in [-0.2, 0) is 0 Å². The monoisotopic (exact) mass is 161 g/mol. The lowest BCUT2D eigenvalue weighted by Crippen LogP contribution is -2.33. The Morgan fingerprint density at radius 3 is 3.33 bits per heavy atom. The van der Waals surface area contributed by atoms with Gasteiger partial charge in [-0.2, -0.15) is 0 Å². The lowest BCUT2D eigenvalue weighted by atomic mass is 9.84. The maximum Gasteiger partial charge on any atom is 0.0474 e. The SMILES string of the molecule is CCC1NC=CC2CC=CC=C21. The van der Waals surface area contributed by atoms with Crippen LogP contribution in [0.3, 0.4) is 0 Å². The molecule has 12 heavy (non-hydrogen) atoms. The van der Waals surface area contributed by atoms with Gasteiger partial charge in [0.15, 0.2) is 0 Å². The lowest BCUT2D eigenvalue weighted by molar-refractivity contribution is 0.545. The summed E-state index contributed by atoms with van der Waals surface area (Å²) < 4.78 is 0. The Labute approximate surface area is 73.9 Å². The van der Waals surface area contributed by atoms with E-state index in [1.54, 1.807) is 5.57 Å². The summed E-state index contributed by atoms with van der Waals surface area (Å²) in [6.45, 7) is 2.23. The smallest absolute Gasteiger partial charge is 0.0474 e. The minimum absolute atomic E-state index is 0.574. The third-order valence-electron chi connectivity index (χ3n) is 2.68. The molecule has 0 fully saturated rings. The third kappa shape index (κ3) is 1.20. The van der Waals surface area contributed by atoms with E-state index in [-0.39, 0.29) is 0 Å². The maximum atomic E-state index is 3.39. The van der Waals surface area contributed by atoms with Crippen LogP contribution in [0.1, 0.15) is 19.8 Å². The molecule has 2 atom stereocenters. The fourth-order valence-corrected chi connectivity index (χ4v) is 1.97. The van der Waals surface area contributed by atoms with Crippen molar-refractivity contribution >= 4 is 0 Å². The van der Waals surface area contributed by atoms with Gasteiger partial charge < -0.3 is 5.32 Å². The van der Waals surface area contributed by atoms with Gasteiger partial charge in [-0.3, -0.25) is 0 Å². The molecule has 0 amide bonds. The zero-order valence-electron chi connectivity index (χ0n) is 7.46. The van der Waals surface area contributed by atoms with Gasteiger partial charge >= 0.3 is 0 Å². The first-order chi connectivity index (χ1) is 5.92. The van der Waals surface area contributed by atoms with E-state index in [1.807, 2.05) is 0 Å². The summed E-state index contributed by atoms with van der Waals surface area (Å²) in [7, 11) is 0. The number of fused-ring (bicyclic) bond motifs is 1. The van der Waals surface area contributed by atoms with Gasteiger partial charge in [-0.25, -0.2) is 0 Å². The number of rotatable bonds is 1. The number of allylic oxidation sites excluding steroid dienone is 4. The molecule has 1 aliphatic carbocycles.